The summed E-state index contributed by atoms with van der Waals surface area (Å²) in [6, 6.07) is 7.65. The first-order chi connectivity index (χ1) is 10.9. The Kier molecular flexibility index (Phi) is 5.38. The zero-order chi connectivity index (χ0) is 17.0. The number of carbonyl (C=O) groups excluding carboxylic acids is 1. The van der Waals surface area contributed by atoms with Crippen LogP contribution in [0.4, 0.5) is 0 Å². The molecule has 1 amide bonds. The molecule has 0 atom stereocenters. The summed E-state index contributed by atoms with van der Waals surface area (Å²) in [5.74, 6) is 0.600. The van der Waals surface area contributed by atoms with Gasteiger partial charge >= 0.3 is 0 Å². The average molecular weight is 334 g/mol. The van der Waals surface area contributed by atoms with Gasteiger partial charge in [0.25, 0.3) is 5.91 Å². The molecule has 0 spiro atoms. The van der Waals surface area contributed by atoms with Gasteiger partial charge in [0.2, 0.25) is 0 Å². The van der Waals surface area contributed by atoms with E-state index in [9.17, 15) is 9.90 Å². The maximum absolute atomic E-state index is 12.4. The van der Waals surface area contributed by atoms with Crippen LogP contribution in [0.15, 0.2) is 24.3 Å². The molecule has 5 nitrogen and oxygen atoms in total. The van der Waals surface area contributed by atoms with Crippen molar-refractivity contribution in [3.05, 3.63) is 34.8 Å². The van der Waals surface area contributed by atoms with Crippen LogP contribution in [0, 0.1) is 6.92 Å². The number of aromatic nitrogens is 1. The number of nitrogens with zero attached hydrogens (tertiary/aromatic N) is 1. The van der Waals surface area contributed by atoms with E-state index in [0.29, 0.717) is 17.2 Å². The number of aliphatic hydroxyl groups is 1. The number of hydrogen-bond acceptors (Lipinski definition) is 5. The number of hydrogen-bond donors (Lipinski definition) is 2. The van der Waals surface area contributed by atoms with E-state index >= 15 is 0 Å². The molecule has 2 aromatic rings. The molecule has 0 bridgehead atoms. The zero-order valence-corrected chi connectivity index (χ0v) is 14.7. The number of thiazole rings is 1. The number of rotatable bonds is 6. The predicted molar refractivity (Wildman–Crippen MR) is 92.1 cm³/mol. The Morgan fingerprint density at radius 1 is 1.35 bits per heavy atom. The molecule has 2 N–H and O–H groups in total. The van der Waals surface area contributed by atoms with E-state index in [0.717, 1.165) is 16.3 Å². The molecule has 1 aromatic heterocycles. The van der Waals surface area contributed by atoms with Gasteiger partial charge in [-0.15, -0.1) is 11.3 Å². The van der Waals surface area contributed by atoms with Crippen LogP contribution in [0.5, 0.6) is 5.75 Å². The third-order valence-electron chi connectivity index (χ3n) is 3.26. The Bertz CT molecular complexity index is 678. The van der Waals surface area contributed by atoms with Gasteiger partial charge in [0.1, 0.15) is 15.6 Å². The molecule has 1 heterocycles. The Morgan fingerprint density at radius 3 is 2.57 bits per heavy atom. The molecule has 23 heavy (non-hydrogen) atoms. The smallest absolute Gasteiger partial charge is 0.263 e. The molecule has 6 heteroatoms. The quantitative estimate of drug-likeness (QED) is 0.852. The van der Waals surface area contributed by atoms with Crippen molar-refractivity contribution < 1.29 is 14.6 Å². The van der Waals surface area contributed by atoms with E-state index in [1.807, 2.05) is 38.1 Å². The molecule has 0 aliphatic carbocycles. The first-order valence-electron chi connectivity index (χ1n) is 7.50. The van der Waals surface area contributed by atoms with Crippen LogP contribution < -0.4 is 10.1 Å². The molecule has 0 aliphatic rings. The molecule has 0 saturated carbocycles. The summed E-state index contributed by atoms with van der Waals surface area (Å²) in [5, 5.41) is 12.9. The second-order valence-corrected chi connectivity index (χ2v) is 6.89. The Balaban J connectivity index is 2.22. The highest BCUT2D eigenvalue weighted by Crippen LogP contribution is 2.29. The van der Waals surface area contributed by atoms with Crippen LogP contribution in [-0.4, -0.2) is 34.8 Å². The first kappa shape index (κ1) is 17.4. The second kappa shape index (κ2) is 7.10. The topological polar surface area (TPSA) is 71.5 Å². The van der Waals surface area contributed by atoms with Crippen molar-refractivity contribution >= 4 is 17.2 Å². The van der Waals surface area contributed by atoms with Gasteiger partial charge < -0.3 is 15.2 Å². The number of carbonyl (C=O) groups is 1. The van der Waals surface area contributed by atoms with E-state index in [-0.39, 0.29) is 12.5 Å². The SMILES string of the molecule is CCOc1ccc(-c2nc(C)c(C(=O)NC(C)(C)CO)s2)cc1. The van der Waals surface area contributed by atoms with Gasteiger partial charge in [0, 0.05) is 5.56 Å². The van der Waals surface area contributed by atoms with Crippen molar-refractivity contribution in [3.63, 3.8) is 0 Å². The number of aliphatic hydroxyl groups excluding tert-OH is 1. The van der Waals surface area contributed by atoms with Crippen molar-refractivity contribution in [2.75, 3.05) is 13.2 Å². The Labute approximate surface area is 140 Å². The number of amides is 1. The van der Waals surface area contributed by atoms with Crippen molar-refractivity contribution in [3.8, 4) is 16.3 Å². The van der Waals surface area contributed by atoms with Crippen LogP contribution in [0.25, 0.3) is 10.6 Å². The molecule has 0 aliphatic heterocycles. The van der Waals surface area contributed by atoms with Gasteiger partial charge in [0.05, 0.1) is 24.4 Å². The van der Waals surface area contributed by atoms with Crippen molar-refractivity contribution in [1.29, 1.82) is 0 Å². The minimum atomic E-state index is -0.660. The monoisotopic (exact) mass is 334 g/mol. The lowest BCUT2D eigenvalue weighted by atomic mass is 10.1. The highest BCUT2D eigenvalue weighted by molar-refractivity contribution is 7.17. The largest absolute Gasteiger partial charge is 0.494 e. The molecule has 1 aromatic carbocycles. The molecule has 124 valence electrons. The average Bonchev–Trinajstić information content (AvgIpc) is 2.90. The van der Waals surface area contributed by atoms with Gasteiger partial charge in [-0.1, -0.05) is 0 Å². The number of ether oxygens (including phenoxy) is 1. The highest BCUT2D eigenvalue weighted by atomic mass is 32.1. The first-order valence-corrected chi connectivity index (χ1v) is 8.32. The summed E-state index contributed by atoms with van der Waals surface area (Å²) in [6.07, 6.45) is 0. The van der Waals surface area contributed by atoms with Crippen molar-refractivity contribution in [1.82, 2.24) is 10.3 Å². The van der Waals surface area contributed by atoms with Gasteiger partial charge in [-0.2, -0.15) is 0 Å². The van der Waals surface area contributed by atoms with Gasteiger partial charge in [-0.3, -0.25) is 4.79 Å². The summed E-state index contributed by atoms with van der Waals surface area (Å²) in [5.41, 5.74) is 0.972. The van der Waals surface area contributed by atoms with E-state index in [1.54, 1.807) is 13.8 Å². The highest BCUT2D eigenvalue weighted by Gasteiger charge is 2.23. The lowest BCUT2D eigenvalue weighted by Crippen LogP contribution is -2.46. The van der Waals surface area contributed by atoms with Crippen molar-refractivity contribution in [2.24, 2.45) is 0 Å². The standard InChI is InChI=1S/C17H22N2O3S/c1-5-22-13-8-6-12(7-9-13)16-18-11(2)14(23-16)15(21)19-17(3,4)10-20/h6-9,20H,5,10H2,1-4H3,(H,19,21). The van der Waals surface area contributed by atoms with Crippen molar-refractivity contribution in [2.45, 2.75) is 33.2 Å². The molecular weight excluding hydrogens is 312 g/mol. The van der Waals surface area contributed by atoms with Gasteiger partial charge in [-0.25, -0.2) is 4.98 Å². The molecule has 2 rings (SSSR count). The van der Waals surface area contributed by atoms with Gasteiger partial charge in [0.15, 0.2) is 0 Å². The predicted octanol–water partition coefficient (Wildman–Crippen LogP) is 3.02. The summed E-state index contributed by atoms with van der Waals surface area (Å²) in [4.78, 5) is 17.4. The molecule has 0 radical (unpaired) electrons. The van der Waals surface area contributed by atoms with Crippen LogP contribution >= 0.6 is 11.3 Å². The minimum absolute atomic E-state index is 0.123. The number of nitrogens with one attached hydrogen (secondary N) is 1. The van der Waals surface area contributed by atoms with E-state index in [1.165, 1.54) is 11.3 Å². The fourth-order valence-electron chi connectivity index (χ4n) is 1.99. The third-order valence-corrected chi connectivity index (χ3v) is 4.47. The summed E-state index contributed by atoms with van der Waals surface area (Å²) >= 11 is 1.35. The second-order valence-electron chi connectivity index (χ2n) is 5.89. The van der Waals surface area contributed by atoms with Crippen LogP contribution in [-0.2, 0) is 0 Å². The normalized spacial score (nSPS) is 11.3. The minimum Gasteiger partial charge on any atom is -0.494 e. The number of benzene rings is 1. The van der Waals surface area contributed by atoms with Crippen LogP contribution in [0.3, 0.4) is 0 Å². The molecule has 0 saturated heterocycles. The molecule has 0 fully saturated rings. The molecule has 0 unspecified atom stereocenters. The van der Waals surface area contributed by atoms with E-state index in [4.69, 9.17) is 4.74 Å². The maximum atomic E-state index is 12.4. The van der Waals surface area contributed by atoms with Crippen LogP contribution in [0.2, 0.25) is 0 Å². The van der Waals surface area contributed by atoms with Gasteiger partial charge in [-0.05, 0) is 52.0 Å². The number of aryl methyl sites for hydroxylation is 1. The summed E-state index contributed by atoms with van der Waals surface area (Å²) < 4.78 is 5.43. The van der Waals surface area contributed by atoms with E-state index in [2.05, 4.69) is 10.3 Å². The Morgan fingerprint density at radius 2 is 2.00 bits per heavy atom. The third kappa shape index (κ3) is 4.30. The fourth-order valence-corrected chi connectivity index (χ4v) is 2.96. The lowest BCUT2D eigenvalue weighted by Gasteiger charge is -2.22. The van der Waals surface area contributed by atoms with E-state index < -0.39 is 5.54 Å². The summed E-state index contributed by atoms with van der Waals surface area (Å²) in [6.45, 7) is 7.80. The fraction of sp³-hybridized carbons (Fsp3) is 0.412. The maximum Gasteiger partial charge on any atom is 0.263 e. The summed E-state index contributed by atoms with van der Waals surface area (Å²) in [7, 11) is 0. The Hall–Kier alpha value is -1.92. The van der Waals surface area contributed by atoms with Crippen LogP contribution in [0.1, 0.15) is 36.1 Å². The molecular formula is C17H22N2O3S. The zero-order valence-electron chi connectivity index (χ0n) is 13.8. The lowest BCUT2D eigenvalue weighted by molar-refractivity contribution is 0.0872.